The molecule has 0 aromatic heterocycles. The van der Waals surface area contributed by atoms with E-state index in [9.17, 15) is 0 Å². The van der Waals surface area contributed by atoms with E-state index in [4.69, 9.17) is 0 Å². The van der Waals surface area contributed by atoms with Gasteiger partial charge in [-0.15, -0.1) is 0 Å². The SMILES string of the molecule is CCCC(c1ccccc1)(c1ccccc1)C12CC3CC(CC(C3)C1)C2. The van der Waals surface area contributed by atoms with Crippen LogP contribution in [0, 0.1) is 23.2 Å². The summed E-state index contributed by atoms with van der Waals surface area (Å²) in [4.78, 5) is 0. The van der Waals surface area contributed by atoms with Crippen molar-refractivity contribution in [3.8, 4) is 0 Å². The fourth-order valence-electron chi connectivity index (χ4n) is 7.79. The van der Waals surface area contributed by atoms with Crippen molar-refractivity contribution in [1.82, 2.24) is 0 Å². The van der Waals surface area contributed by atoms with Crippen LogP contribution >= 0.6 is 0 Å². The summed E-state index contributed by atoms with van der Waals surface area (Å²) in [6, 6.07) is 23.2. The van der Waals surface area contributed by atoms with E-state index < -0.39 is 0 Å². The highest BCUT2D eigenvalue weighted by Crippen LogP contribution is 2.68. The Morgan fingerprint density at radius 2 is 1.15 bits per heavy atom. The summed E-state index contributed by atoms with van der Waals surface area (Å²) >= 11 is 0. The minimum absolute atomic E-state index is 0.195. The quantitative estimate of drug-likeness (QED) is 0.548. The van der Waals surface area contributed by atoms with Crippen LogP contribution in [-0.2, 0) is 5.41 Å². The lowest BCUT2D eigenvalue weighted by molar-refractivity contribution is -0.0927. The molecule has 4 fully saturated rings. The fraction of sp³-hybridized carbons (Fsp3) is 0.538. The van der Waals surface area contributed by atoms with Gasteiger partial charge >= 0.3 is 0 Å². The van der Waals surface area contributed by atoms with Crippen molar-refractivity contribution in [3.05, 3.63) is 71.8 Å². The first-order valence-electron chi connectivity index (χ1n) is 10.9. The summed E-state index contributed by atoms with van der Waals surface area (Å²) in [7, 11) is 0. The van der Waals surface area contributed by atoms with E-state index in [0.29, 0.717) is 5.41 Å². The summed E-state index contributed by atoms with van der Waals surface area (Å²) in [6.07, 6.45) is 11.5. The molecular weight excluding hydrogens is 312 g/mol. The minimum atomic E-state index is 0.195. The number of hydrogen-bond donors (Lipinski definition) is 0. The maximum atomic E-state index is 2.43. The van der Waals surface area contributed by atoms with Crippen molar-refractivity contribution >= 4 is 0 Å². The molecule has 4 aliphatic rings. The van der Waals surface area contributed by atoms with Crippen molar-refractivity contribution in [2.24, 2.45) is 23.2 Å². The molecule has 0 heterocycles. The standard InChI is InChI=1S/C26H32/c1-2-13-26(23-9-5-3-6-10-23,24-11-7-4-8-12-24)25-17-20-14-21(18-25)16-22(15-20)19-25/h3-12,20-22H,2,13-19H2,1H3. The first-order valence-corrected chi connectivity index (χ1v) is 10.9. The molecule has 4 saturated carbocycles. The van der Waals surface area contributed by atoms with Crippen molar-refractivity contribution < 1.29 is 0 Å². The Morgan fingerprint density at radius 1 is 0.731 bits per heavy atom. The van der Waals surface area contributed by atoms with E-state index in [1.54, 1.807) is 11.1 Å². The summed E-state index contributed by atoms with van der Waals surface area (Å²) in [6.45, 7) is 2.39. The molecule has 0 aliphatic heterocycles. The van der Waals surface area contributed by atoms with Crippen molar-refractivity contribution in [1.29, 1.82) is 0 Å². The Labute approximate surface area is 159 Å². The van der Waals surface area contributed by atoms with E-state index in [0.717, 1.165) is 17.8 Å². The van der Waals surface area contributed by atoms with Crippen LogP contribution in [0.2, 0.25) is 0 Å². The largest absolute Gasteiger partial charge is 0.0653 e. The van der Waals surface area contributed by atoms with Gasteiger partial charge in [-0.05, 0) is 79.2 Å². The van der Waals surface area contributed by atoms with Gasteiger partial charge in [-0.2, -0.15) is 0 Å². The molecule has 2 aromatic carbocycles. The van der Waals surface area contributed by atoms with Gasteiger partial charge in [0.1, 0.15) is 0 Å². The van der Waals surface area contributed by atoms with E-state index in [1.165, 1.54) is 51.4 Å². The summed E-state index contributed by atoms with van der Waals surface area (Å²) in [5.41, 5.74) is 3.82. The second kappa shape index (κ2) is 6.25. The van der Waals surface area contributed by atoms with Crippen LogP contribution < -0.4 is 0 Å². The third-order valence-corrected chi connectivity index (χ3v) is 8.10. The third kappa shape index (κ3) is 2.34. The van der Waals surface area contributed by atoms with E-state index >= 15 is 0 Å². The predicted molar refractivity (Wildman–Crippen MR) is 109 cm³/mol. The molecular formula is C26H32. The molecule has 0 unspecified atom stereocenters. The van der Waals surface area contributed by atoms with Crippen LogP contribution in [-0.4, -0.2) is 0 Å². The Hall–Kier alpha value is -1.56. The van der Waals surface area contributed by atoms with Crippen LogP contribution in [0.3, 0.4) is 0 Å². The molecule has 0 amide bonds. The molecule has 26 heavy (non-hydrogen) atoms. The zero-order chi connectivity index (χ0) is 17.6. The molecule has 0 heteroatoms. The minimum Gasteiger partial charge on any atom is -0.0653 e. The molecule has 4 aliphatic carbocycles. The molecule has 0 atom stereocenters. The molecule has 4 bridgehead atoms. The Kier molecular flexibility index (Phi) is 3.99. The number of benzene rings is 2. The number of rotatable bonds is 5. The average molecular weight is 345 g/mol. The topological polar surface area (TPSA) is 0 Å². The third-order valence-electron chi connectivity index (χ3n) is 8.10. The lowest BCUT2D eigenvalue weighted by atomic mass is 9.40. The zero-order valence-electron chi connectivity index (χ0n) is 16.2. The zero-order valence-corrected chi connectivity index (χ0v) is 16.2. The molecule has 0 spiro atoms. The van der Waals surface area contributed by atoms with Gasteiger partial charge in [-0.3, -0.25) is 0 Å². The van der Waals surface area contributed by atoms with Gasteiger partial charge in [-0.1, -0.05) is 74.0 Å². The van der Waals surface area contributed by atoms with Crippen LogP contribution in [0.4, 0.5) is 0 Å². The highest BCUT2D eigenvalue weighted by atomic mass is 14.6. The van der Waals surface area contributed by atoms with Gasteiger partial charge in [0, 0.05) is 5.41 Å². The maximum absolute atomic E-state index is 2.43. The Balaban J connectivity index is 1.74. The highest BCUT2D eigenvalue weighted by molar-refractivity contribution is 5.43. The number of hydrogen-bond acceptors (Lipinski definition) is 0. The molecule has 0 saturated heterocycles. The van der Waals surface area contributed by atoms with Gasteiger partial charge in [0.15, 0.2) is 0 Å². The Bertz CT molecular complexity index is 667. The van der Waals surface area contributed by atoms with Crippen molar-refractivity contribution in [2.45, 2.75) is 63.7 Å². The van der Waals surface area contributed by atoms with Gasteiger partial charge in [0.2, 0.25) is 0 Å². The van der Waals surface area contributed by atoms with Gasteiger partial charge in [0.05, 0.1) is 0 Å². The van der Waals surface area contributed by atoms with Crippen molar-refractivity contribution in [2.75, 3.05) is 0 Å². The van der Waals surface area contributed by atoms with E-state index in [1.807, 2.05) is 0 Å². The Morgan fingerprint density at radius 3 is 1.54 bits per heavy atom. The van der Waals surface area contributed by atoms with Gasteiger partial charge in [-0.25, -0.2) is 0 Å². The van der Waals surface area contributed by atoms with Gasteiger partial charge in [0.25, 0.3) is 0 Å². The molecule has 0 N–H and O–H groups in total. The van der Waals surface area contributed by atoms with Gasteiger partial charge < -0.3 is 0 Å². The summed E-state index contributed by atoms with van der Waals surface area (Å²) in [5.74, 6) is 2.97. The lowest BCUT2D eigenvalue weighted by Gasteiger charge is -2.64. The maximum Gasteiger partial charge on any atom is 0.0259 e. The smallest absolute Gasteiger partial charge is 0.0259 e. The van der Waals surface area contributed by atoms with Crippen LogP contribution in [0.15, 0.2) is 60.7 Å². The second-order valence-electron chi connectivity index (χ2n) is 9.59. The fourth-order valence-corrected chi connectivity index (χ4v) is 7.79. The molecule has 0 radical (unpaired) electrons. The highest BCUT2D eigenvalue weighted by Gasteiger charge is 2.60. The summed E-state index contributed by atoms with van der Waals surface area (Å²) in [5, 5.41) is 0. The van der Waals surface area contributed by atoms with Crippen LogP contribution in [0.5, 0.6) is 0 Å². The van der Waals surface area contributed by atoms with Crippen LogP contribution in [0.25, 0.3) is 0 Å². The molecule has 6 rings (SSSR count). The molecule has 2 aromatic rings. The first kappa shape index (κ1) is 16.6. The van der Waals surface area contributed by atoms with E-state index in [2.05, 4.69) is 67.6 Å². The first-order chi connectivity index (χ1) is 12.8. The second-order valence-corrected chi connectivity index (χ2v) is 9.59. The average Bonchev–Trinajstić information content (AvgIpc) is 2.66. The normalized spacial score (nSPS) is 32.7. The predicted octanol–water partition coefficient (Wildman–Crippen LogP) is 6.99. The molecule has 0 nitrogen and oxygen atoms in total. The monoisotopic (exact) mass is 344 g/mol. The summed E-state index contributed by atoms with van der Waals surface area (Å²) < 4.78 is 0. The van der Waals surface area contributed by atoms with Crippen LogP contribution in [0.1, 0.15) is 69.4 Å². The van der Waals surface area contributed by atoms with Crippen molar-refractivity contribution in [3.63, 3.8) is 0 Å². The molecule has 136 valence electrons. The lowest BCUT2D eigenvalue weighted by Crippen LogP contribution is -2.57. The van der Waals surface area contributed by atoms with E-state index in [-0.39, 0.29) is 5.41 Å².